The van der Waals surface area contributed by atoms with Crippen LogP contribution in [0.4, 0.5) is 10.1 Å². The molecule has 0 spiro atoms. The van der Waals surface area contributed by atoms with Crippen molar-refractivity contribution in [3.8, 4) is 0 Å². The van der Waals surface area contributed by atoms with E-state index < -0.39 is 20.8 Å². The highest BCUT2D eigenvalue weighted by Gasteiger charge is 2.16. The lowest BCUT2D eigenvalue weighted by Crippen LogP contribution is -2.14. The molecule has 0 unspecified atom stereocenters. The van der Waals surface area contributed by atoms with E-state index in [-0.39, 0.29) is 21.2 Å². The molecule has 4 nitrogen and oxygen atoms in total. The Morgan fingerprint density at radius 3 is 2.24 bits per heavy atom. The van der Waals surface area contributed by atoms with Crippen LogP contribution >= 0.6 is 22.3 Å². The van der Waals surface area contributed by atoms with Gasteiger partial charge in [0.1, 0.15) is 5.82 Å². The minimum absolute atomic E-state index is 0.0209. The summed E-state index contributed by atoms with van der Waals surface area (Å²) in [5, 5.41) is 2.40. The highest BCUT2D eigenvalue weighted by Crippen LogP contribution is 2.22. The van der Waals surface area contributed by atoms with Crippen molar-refractivity contribution in [2.45, 2.75) is 4.90 Å². The molecule has 0 aromatic heterocycles. The van der Waals surface area contributed by atoms with E-state index in [1.165, 1.54) is 36.4 Å². The zero-order valence-electron chi connectivity index (χ0n) is 10.3. The molecule has 0 fully saturated rings. The van der Waals surface area contributed by atoms with Crippen LogP contribution in [-0.2, 0) is 9.05 Å². The zero-order chi connectivity index (χ0) is 15.6. The molecule has 0 atom stereocenters. The Bertz CT molecular complexity index is 771. The number of hydrogen-bond donors (Lipinski definition) is 1. The number of carbonyl (C=O) groups excluding carboxylic acids is 1. The average molecular weight is 348 g/mol. The second-order valence-corrected chi connectivity index (χ2v) is 6.99. The molecule has 0 bridgehead atoms. The summed E-state index contributed by atoms with van der Waals surface area (Å²) < 4.78 is 35.8. The first-order valence-electron chi connectivity index (χ1n) is 5.59. The normalized spacial score (nSPS) is 11.2. The highest BCUT2D eigenvalue weighted by molar-refractivity contribution is 8.13. The molecule has 2 rings (SSSR count). The van der Waals surface area contributed by atoms with Gasteiger partial charge in [0.25, 0.3) is 15.0 Å². The molecule has 0 radical (unpaired) electrons. The molecule has 1 N–H and O–H groups in total. The third-order valence-electron chi connectivity index (χ3n) is 2.58. The molecule has 1 amide bonds. The van der Waals surface area contributed by atoms with Crippen molar-refractivity contribution in [1.29, 1.82) is 0 Å². The molecule has 2 aromatic carbocycles. The van der Waals surface area contributed by atoms with Gasteiger partial charge in [0, 0.05) is 16.4 Å². The van der Waals surface area contributed by atoms with Crippen LogP contribution in [0.5, 0.6) is 0 Å². The van der Waals surface area contributed by atoms with E-state index in [0.717, 1.165) is 6.07 Å². The summed E-state index contributed by atoms with van der Waals surface area (Å²) in [5.74, 6) is -1.49. The number of nitrogens with one attached hydrogen (secondary N) is 1. The van der Waals surface area contributed by atoms with Gasteiger partial charge in [0.2, 0.25) is 0 Å². The van der Waals surface area contributed by atoms with Crippen LogP contribution in [0.1, 0.15) is 10.4 Å². The SMILES string of the molecule is O=C(Nc1ccc(S(=O)(=O)Cl)cc1)c1c(F)cccc1Cl. The van der Waals surface area contributed by atoms with E-state index in [2.05, 4.69) is 5.32 Å². The Morgan fingerprint density at radius 2 is 1.71 bits per heavy atom. The monoisotopic (exact) mass is 347 g/mol. The maximum atomic E-state index is 13.6. The summed E-state index contributed by atoms with van der Waals surface area (Å²) in [6.07, 6.45) is 0. The molecule has 0 heterocycles. The molecule has 0 aliphatic rings. The van der Waals surface area contributed by atoms with Gasteiger partial charge in [-0.15, -0.1) is 0 Å². The van der Waals surface area contributed by atoms with Crippen molar-refractivity contribution >= 4 is 42.9 Å². The summed E-state index contributed by atoms with van der Waals surface area (Å²) in [6.45, 7) is 0. The van der Waals surface area contributed by atoms with Gasteiger partial charge >= 0.3 is 0 Å². The lowest BCUT2D eigenvalue weighted by molar-refractivity contribution is 0.102. The Morgan fingerprint density at radius 1 is 1.10 bits per heavy atom. The van der Waals surface area contributed by atoms with Crippen molar-refractivity contribution in [3.05, 3.63) is 58.9 Å². The summed E-state index contributed by atoms with van der Waals surface area (Å²) in [6, 6.07) is 9.01. The van der Waals surface area contributed by atoms with Crippen LogP contribution in [0.25, 0.3) is 0 Å². The second-order valence-electron chi connectivity index (χ2n) is 4.01. The lowest BCUT2D eigenvalue weighted by atomic mass is 10.2. The average Bonchev–Trinajstić information content (AvgIpc) is 2.38. The number of benzene rings is 2. The van der Waals surface area contributed by atoms with Crippen molar-refractivity contribution in [2.24, 2.45) is 0 Å². The summed E-state index contributed by atoms with van der Waals surface area (Å²) in [5.41, 5.74) is -0.00315. The number of rotatable bonds is 3. The highest BCUT2D eigenvalue weighted by atomic mass is 35.7. The van der Waals surface area contributed by atoms with Gasteiger partial charge in [0.15, 0.2) is 0 Å². The van der Waals surface area contributed by atoms with E-state index in [0.29, 0.717) is 0 Å². The van der Waals surface area contributed by atoms with Crippen molar-refractivity contribution in [1.82, 2.24) is 0 Å². The third-order valence-corrected chi connectivity index (χ3v) is 4.27. The molecule has 21 heavy (non-hydrogen) atoms. The van der Waals surface area contributed by atoms with Crippen LogP contribution in [0.2, 0.25) is 5.02 Å². The first-order valence-corrected chi connectivity index (χ1v) is 8.28. The van der Waals surface area contributed by atoms with Crippen LogP contribution < -0.4 is 5.32 Å². The first kappa shape index (κ1) is 15.8. The van der Waals surface area contributed by atoms with Crippen molar-refractivity contribution in [2.75, 3.05) is 5.32 Å². The van der Waals surface area contributed by atoms with Gasteiger partial charge in [-0.3, -0.25) is 4.79 Å². The standard InChI is InChI=1S/C13H8Cl2FNO3S/c14-10-2-1-3-11(16)12(10)13(18)17-8-4-6-9(7-5-8)21(15,19)20/h1-7H,(H,17,18). The quantitative estimate of drug-likeness (QED) is 0.861. The third kappa shape index (κ3) is 3.72. The number of halogens is 3. The molecule has 0 aliphatic heterocycles. The zero-order valence-corrected chi connectivity index (χ0v) is 12.6. The van der Waals surface area contributed by atoms with E-state index in [9.17, 15) is 17.6 Å². The number of anilines is 1. The number of amides is 1. The lowest BCUT2D eigenvalue weighted by Gasteiger charge is -2.08. The first-order chi connectivity index (χ1) is 9.79. The van der Waals surface area contributed by atoms with Crippen molar-refractivity contribution < 1.29 is 17.6 Å². The van der Waals surface area contributed by atoms with Crippen LogP contribution in [0.15, 0.2) is 47.4 Å². The number of carbonyl (C=O) groups is 1. The van der Waals surface area contributed by atoms with E-state index in [1.807, 2.05) is 0 Å². The Labute approximate surface area is 129 Å². The molecular formula is C13H8Cl2FNO3S. The predicted octanol–water partition coefficient (Wildman–Crippen LogP) is 3.66. The van der Waals surface area contributed by atoms with E-state index >= 15 is 0 Å². The Hall–Kier alpha value is -1.63. The molecule has 2 aromatic rings. The predicted molar refractivity (Wildman–Crippen MR) is 78.8 cm³/mol. The molecule has 110 valence electrons. The van der Waals surface area contributed by atoms with Crippen LogP contribution in [-0.4, -0.2) is 14.3 Å². The van der Waals surface area contributed by atoms with Gasteiger partial charge in [-0.1, -0.05) is 17.7 Å². The summed E-state index contributed by atoms with van der Waals surface area (Å²) >= 11 is 5.78. The summed E-state index contributed by atoms with van der Waals surface area (Å²) in [7, 11) is 1.34. The minimum Gasteiger partial charge on any atom is -0.322 e. The fourth-order valence-corrected chi connectivity index (χ4v) is 2.63. The molecule has 0 aliphatic carbocycles. The van der Waals surface area contributed by atoms with Gasteiger partial charge in [0.05, 0.1) is 15.5 Å². The minimum atomic E-state index is -3.84. The van der Waals surface area contributed by atoms with Crippen LogP contribution in [0, 0.1) is 5.82 Å². The molecule has 0 saturated heterocycles. The fourth-order valence-electron chi connectivity index (χ4n) is 1.61. The molecule has 0 saturated carbocycles. The fraction of sp³-hybridized carbons (Fsp3) is 0. The van der Waals surface area contributed by atoms with E-state index in [4.69, 9.17) is 22.3 Å². The smallest absolute Gasteiger partial charge is 0.261 e. The van der Waals surface area contributed by atoms with Gasteiger partial charge in [-0.2, -0.15) is 0 Å². The van der Waals surface area contributed by atoms with E-state index in [1.54, 1.807) is 0 Å². The molecular weight excluding hydrogens is 340 g/mol. The largest absolute Gasteiger partial charge is 0.322 e. The van der Waals surface area contributed by atoms with Gasteiger partial charge in [-0.05, 0) is 36.4 Å². The molecule has 8 heteroatoms. The summed E-state index contributed by atoms with van der Waals surface area (Å²) in [4.78, 5) is 11.9. The maximum absolute atomic E-state index is 13.6. The maximum Gasteiger partial charge on any atom is 0.261 e. The second kappa shape index (κ2) is 6.01. The van der Waals surface area contributed by atoms with Gasteiger partial charge < -0.3 is 5.32 Å². The van der Waals surface area contributed by atoms with Crippen molar-refractivity contribution in [3.63, 3.8) is 0 Å². The number of hydrogen-bond acceptors (Lipinski definition) is 3. The van der Waals surface area contributed by atoms with Crippen LogP contribution in [0.3, 0.4) is 0 Å². The Kier molecular flexibility index (Phi) is 4.51. The van der Waals surface area contributed by atoms with Gasteiger partial charge in [-0.25, -0.2) is 12.8 Å². The topological polar surface area (TPSA) is 63.2 Å². The Balaban J connectivity index is 2.24.